The van der Waals surface area contributed by atoms with E-state index in [1.54, 1.807) is 0 Å². The Morgan fingerprint density at radius 1 is 1.14 bits per heavy atom. The van der Waals surface area contributed by atoms with Gasteiger partial charge < -0.3 is 19.9 Å². The summed E-state index contributed by atoms with van der Waals surface area (Å²) in [6.07, 6.45) is 3.57. The number of hydrogen-bond acceptors (Lipinski definition) is 4. The van der Waals surface area contributed by atoms with Crippen LogP contribution in [-0.2, 0) is 16.0 Å². The summed E-state index contributed by atoms with van der Waals surface area (Å²) < 4.78 is 6.38. The number of hydrogen-bond donors (Lipinski definition) is 1. The Morgan fingerprint density at radius 2 is 1.81 bits per heavy atom. The van der Waals surface area contributed by atoms with Gasteiger partial charge in [0.2, 0.25) is 0 Å². The molecule has 200 valence electrons. The fourth-order valence-corrected chi connectivity index (χ4v) is 4.76. The predicted octanol–water partition coefficient (Wildman–Crippen LogP) is 7.06. The number of halogens is 1. The highest BCUT2D eigenvalue weighted by atomic mass is 35.5. The lowest BCUT2D eigenvalue weighted by molar-refractivity contribution is -0.117. The first-order valence-corrected chi connectivity index (χ1v) is 14.0. The third kappa shape index (κ3) is 6.97. The third-order valence-corrected chi connectivity index (χ3v) is 7.16. The molecule has 1 fully saturated rings. The summed E-state index contributed by atoms with van der Waals surface area (Å²) in [5.41, 5.74) is 5.20. The minimum absolute atomic E-state index is 0.0789. The molecular weight excluding hydrogens is 482 g/mol. The zero-order valence-corrected chi connectivity index (χ0v) is 24.0. The molecule has 2 aromatic carbocycles. The number of anilines is 2. The minimum Gasteiger partial charge on any atom is -0.451 e. The molecule has 0 spiro atoms. The molecule has 2 heterocycles. The molecule has 1 unspecified atom stereocenters. The number of benzene rings is 2. The standard InChI is InChI=1S/C29H36ClN3O2.C2H6/c1-5-20(3)19-33-26-12-11-25(32-15-13-31-14-16-32)18-23(26)17-21(4)28(29(33)34)35-27(6-2)22-7-9-24(30)10-8-22;1-2/h6-12,18,20,31H,5,13-17,19H2,1-4H3;1-2H3/b27-6-;. The lowest BCUT2D eigenvalue weighted by Crippen LogP contribution is -2.43. The van der Waals surface area contributed by atoms with Crippen molar-refractivity contribution >= 4 is 34.6 Å². The van der Waals surface area contributed by atoms with E-state index < -0.39 is 0 Å². The monoisotopic (exact) mass is 523 g/mol. The average Bonchev–Trinajstić information content (AvgIpc) is 3.02. The summed E-state index contributed by atoms with van der Waals surface area (Å²) in [7, 11) is 0. The Kier molecular flexibility index (Phi) is 10.7. The van der Waals surface area contributed by atoms with Crippen molar-refractivity contribution in [3.63, 3.8) is 0 Å². The van der Waals surface area contributed by atoms with Gasteiger partial charge in [-0.1, -0.05) is 45.7 Å². The summed E-state index contributed by atoms with van der Waals surface area (Å²) >= 11 is 6.08. The molecule has 2 aliphatic rings. The first-order valence-electron chi connectivity index (χ1n) is 13.6. The largest absolute Gasteiger partial charge is 0.451 e. The van der Waals surface area contributed by atoms with Crippen LogP contribution in [-0.4, -0.2) is 38.6 Å². The molecule has 6 heteroatoms. The highest BCUT2D eigenvalue weighted by Gasteiger charge is 2.31. The molecule has 1 saturated heterocycles. The Balaban J connectivity index is 0.00000186. The van der Waals surface area contributed by atoms with Gasteiger partial charge >= 0.3 is 0 Å². The van der Waals surface area contributed by atoms with Crippen LogP contribution in [0.2, 0.25) is 5.02 Å². The van der Waals surface area contributed by atoms with Gasteiger partial charge in [0, 0.05) is 54.7 Å². The van der Waals surface area contributed by atoms with Crippen LogP contribution in [0.3, 0.4) is 0 Å². The van der Waals surface area contributed by atoms with E-state index in [9.17, 15) is 4.79 Å². The Morgan fingerprint density at radius 3 is 2.43 bits per heavy atom. The fourth-order valence-electron chi connectivity index (χ4n) is 4.64. The molecule has 0 radical (unpaired) electrons. The van der Waals surface area contributed by atoms with Crippen molar-refractivity contribution in [2.45, 2.75) is 54.4 Å². The van der Waals surface area contributed by atoms with E-state index >= 15 is 0 Å². The quantitative estimate of drug-likeness (QED) is 0.394. The molecule has 1 atom stereocenters. The van der Waals surface area contributed by atoms with Crippen molar-refractivity contribution in [1.29, 1.82) is 0 Å². The molecule has 2 aromatic rings. The van der Waals surface area contributed by atoms with Crippen molar-refractivity contribution < 1.29 is 9.53 Å². The minimum atomic E-state index is -0.0789. The van der Waals surface area contributed by atoms with E-state index in [2.05, 4.69) is 42.3 Å². The van der Waals surface area contributed by atoms with E-state index in [1.807, 2.05) is 62.9 Å². The first-order chi connectivity index (χ1) is 17.9. The van der Waals surface area contributed by atoms with E-state index in [0.29, 0.717) is 35.4 Å². The van der Waals surface area contributed by atoms with Crippen LogP contribution in [0.1, 0.15) is 59.1 Å². The van der Waals surface area contributed by atoms with Crippen molar-refractivity contribution in [3.8, 4) is 0 Å². The molecule has 5 nitrogen and oxygen atoms in total. The second kappa shape index (κ2) is 13.7. The summed E-state index contributed by atoms with van der Waals surface area (Å²) in [5.74, 6) is 1.36. The number of carbonyl (C=O) groups excluding carboxylic acids is 1. The molecular formula is C31H42ClN3O2. The van der Waals surface area contributed by atoms with Gasteiger partial charge in [-0.05, 0) is 85.9 Å². The molecule has 1 N–H and O–H groups in total. The number of allylic oxidation sites excluding steroid dienone is 2. The Hall–Kier alpha value is -2.76. The Bertz CT molecular complexity index is 1120. The summed E-state index contributed by atoms with van der Waals surface area (Å²) in [6, 6.07) is 14.1. The summed E-state index contributed by atoms with van der Waals surface area (Å²) in [4.78, 5) is 18.3. The maximum atomic E-state index is 14.0. The van der Waals surface area contributed by atoms with Crippen LogP contribution in [0.4, 0.5) is 11.4 Å². The van der Waals surface area contributed by atoms with E-state index in [1.165, 1.54) is 11.3 Å². The van der Waals surface area contributed by atoms with Crippen LogP contribution in [0, 0.1) is 5.92 Å². The molecule has 0 aliphatic carbocycles. The van der Waals surface area contributed by atoms with Crippen LogP contribution >= 0.6 is 11.6 Å². The topological polar surface area (TPSA) is 44.8 Å². The molecule has 0 saturated carbocycles. The molecule has 0 aromatic heterocycles. The third-order valence-electron chi connectivity index (χ3n) is 6.91. The van der Waals surface area contributed by atoms with Crippen LogP contribution < -0.4 is 15.1 Å². The van der Waals surface area contributed by atoms with Gasteiger partial charge in [0.25, 0.3) is 5.91 Å². The lowest BCUT2D eigenvalue weighted by atomic mass is 10.0. The van der Waals surface area contributed by atoms with Crippen LogP contribution in [0.25, 0.3) is 5.76 Å². The lowest BCUT2D eigenvalue weighted by Gasteiger charge is -2.31. The molecule has 1 amide bonds. The van der Waals surface area contributed by atoms with Gasteiger partial charge in [-0.15, -0.1) is 0 Å². The second-order valence-corrected chi connectivity index (χ2v) is 9.96. The van der Waals surface area contributed by atoms with Crippen molar-refractivity contribution in [3.05, 3.63) is 76.0 Å². The van der Waals surface area contributed by atoms with Crippen molar-refractivity contribution in [1.82, 2.24) is 5.32 Å². The van der Waals surface area contributed by atoms with Crippen molar-refractivity contribution in [2.24, 2.45) is 5.92 Å². The molecule has 37 heavy (non-hydrogen) atoms. The van der Waals surface area contributed by atoms with Gasteiger partial charge in [0.15, 0.2) is 5.76 Å². The number of piperazine rings is 1. The molecule has 4 rings (SSSR count). The van der Waals surface area contributed by atoms with Crippen molar-refractivity contribution in [2.75, 3.05) is 42.5 Å². The predicted molar refractivity (Wildman–Crippen MR) is 157 cm³/mol. The SMILES string of the molecule is C/C=C(\OC1=C(C)Cc2cc(N3CCNCC3)ccc2N(CC(C)CC)C1=O)c1ccc(Cl)cc1.CC. The summed E-state index contributed by atoms with van der Waals surface area (Å²) in [6.45, 7) is 16.9. The van der Waals surface area contributed by atoms with Gasteiger partial charge in [0.05, 0.1) is 0 Å². The molecule has 2 aliphatic heterocycles. The number of rotatable bonds is 7. The second-order valence-electron chi connectivity index (χ2n) is 9.53. The fraction of sp³-hybridized carbons (Fsp3) is 0.452. The highest BCUT2D eigenvalue weighted by Crippen LogP contribution is 2.35. The van der Waals surface area contributed by atoms with Gasteiger partial charge in [-0.25, -0.2) is 0 Å². The molecule has 0 bridgehead atoms. The van der Waals surface area contributed by atoms with Crippen LogP contribution in [0.15, 0.2) is 59.9 Å². The normalized spacial score (nSPS) is 17.1. The van der Waals surface area contributed by atoms with E-state index in [-0.39, 0.29) is 5.91 Å². The van der Waals surface area contributed by atoms with Crippen LogP contribution in [0.5, 0.6) is 0 Å². The van der Waals surface area contributed by atoms with Gasteiger partial charge in [-0.2, -0.15) is 0 Å². The number of ether oxygens (including phenoxy) is 1. The zero-order valence-electron chi connectivity index (χ0n) is 23.2. The first kappa shape index (κ1) is 28.8. The number of carbonyl (C=O) groups is 1. The zero-order chi connectivity index (χ0) is 26.9. The maximum Gasteiger partial charge on any atom is 0.293 e. The maximum absolute atomic E-state index is 14.0. The van der Waals surface area contributed by atoms with E-state index in [4.69, 9.17) is 16.3 Å². The smallest absolute Gasteiger partial charge is 0.293 e. The summed E-state index contributed by atoms with van der Waals surface area (Å²) in [5, 5.41) is 4.09. The number of fused-ring (bicyclic) bond motifs is 1. The highest BCUT2D eigenvalue weighted by molar-refractivity contribution is 6.30. The number of amides is 1. The number of nitrogens with one attached hydrogen (secondary N) is 1. The Labute approximate surface area is 228 Å². The average molecular weight is 524 g/mol. The van der Waals surface area contributed by atoms with Gasteiger partial charge in [0.1, 0.15) is 5.76 Å². The van der Waals surface area contributed by atoms with Gasteiger partial charge in [-0.3, -0.25) is 4.79 Å². The van der Waals surface area contributed by atoms with E-state index in [0.717, 1.165) is 49.4 Å². The number of nitrogens with zero attached hydrogens (tertiary/aromatic N) is 2.